The number of halogens is 3. The molecule has 0 fully saturated rings. The van der Waals surface area contributed by atoms with Crippen molar-refractivity contribution >= 4 is 69.7 Å². The maximum absolute atomic E-state index is 13.5. The highest BCUT2D eigenvalue weighted by molar-refractivity contribution is 6.47. The van der Waals surface area contributed by atoms with Gasteiger partial charge in [-0.05, 0) is 72.1 Å². The molecule has 0 aliphatic carbocycles. The monoisotopic (exact) mass is 713 g/mol. The summed E-state index contributed by atoms with van der Waals surface area (Å²) < 4.78 is 6.39. The van der Waals surface area contributed by atoms with Crippen molar-refractivity contribution in [1.29, 1.82) is 0 Å². The second-order valence-electron chi connectivity index (χ2n) is 13.0. The molecule has 0 spiro atoms. The SMILES string of the molecule is CCC(Oc1ccc(C(C)(C)CC)cc1C(C)(C)CC)C(=O)Nc1cccc(C(=O)NC2=NN(c3c(Cl)ccc(Cl)c3Cl)C(=O)C2N)c1. The zero-order chi connectivity index (χ0) is 35.6. The summed E-state index contributed by atoms with van der Waals surface area (Å²) in [5.74, 6) is -1.04. The molecule has 3 aromatic carbocycles. The van der Waals surface area contributed by atoms with Crippen LogP contribution in [0.25, 0.3) is 0 Å². The minimum absolute atomic E-state index is 0.00206. The van der Waals surface area contributed by atoms with Gasteiger partial charge in [-0.3, -0.25) is 14.4 Å². The van der Waals surface area contributed by atoms with Crippen LogP contribution in [0.4, 0.5) is 11.4 Å². The number of amidine groups is 1. The molecular weight excluding hydrogens is 673 g/mol. The van der Waals surface area contributed by atoms with Crippen LogP contribution in [0.5, 0.6) is 5.75 Å². The van der Waals surface area contributed by atoms with Crippen LogP contribution in [0.3, 0.4) is 0 Å². The van der Waals surface area contributed by atoms with E-state index in [0.29, 0.717) is 17.9 Å². The van der Waals surface area contributed by atoms with E-state index in [1.165, 1.54) is 23.8 Å². The number of nitrogens with two attached hydrogens (primary N) is 1. The molecule has 0 bridgehead atoms. The van der Waals surface area contributed by atoms with Crippen LogP contribution in [0.15, 0.2) is 59.7 Å². The number of carbonyl (C=O) groups excluding carboxylic acids is 3. The third-order valence-corrected chi connectivity index (χ3v) is 10.1. The summed E-state index contributed by atoms with van der Waals surface area (Å²) in [5.41, 5.74) is 8.82. The summed E-state index contributed by atoms with van der Waals surface area (Å²) in [4.78, 5) is 39.7. The van der Waals surface area contributed by atoms with Gasteiger partial charge in [0, 0.05) is 16.8 Å². The minimum atomic E-state index is -1.28. The maximum Gasteiger partial charge on any atom is 0.272 e. The molecule has 0 saturated carbocycles. The Hall–Kier alpha value is -3.63. The lowest BCUT2D eigenvalue weighted by atomic mass is 9.76. The van der Waals surface area contributed by atoms with Gasteiger partial charge in [-0.1, -0.05) is 101 Å². The largest absolute Gasteiger partial charge is 0.480 e. The molecule has 48 heavy (non-hydrogen) atoms. The molecule has 4 N–H and O–H groups in total. The van der Waals surface area contributed by atoms with Crippen LogP contribution in [0.2, 0.25) is 15.1 Å². The van der Waals surface area contributed by atoms with Crippen molar-refractivity contribution in [3.63, 3.8) is 0 Å². The van der Waals surface area contributed by atoms with Gasteiger partial charge in [0.2, 0.25) is 0 Å². The summed E-state index contributed by atoms with van der Waals surface area (Å²) >= 11 is 18.7. The Morgan fingerprint density at radius 2 is 1.60 bits per heavy atom. The Bertz CT molecular complexity index is 1760. The lowest BCUT2D eigenvalue weighted by Crippen LogP contribution is -2.46. The lowest BCUT2D eigenvalue weighted by molar-refractivity contribution is -0.123. The number of hydrogen-bond donors (Lipinski definition) is 3. The van der Waals surface area contributed by atoms with E-state index < -0.39 is 24.0 Å². The van der Waals surface area contributed by atoms with Crippen molar-refractivity contribution in [2.75, 3.05) is 10.3 Å². The number of anilines is 2. The van der Waals surface area contributed by atoms with E-state index in [1.54, 1.807) is 18.2 Å². The van der Waals surface area contributed by atoms with Gasteiger partial charge in [-0.15, -0.1) is 5.10 Å². The number of rotatable bonds is 11. The van der Waals surface area contributed by atoms with Crippen LogP contribution < -0.4 is 26.1 Å². The zero-order valence-corrected chi connectivity index (χ0v) is 30.5. The molecule has 3 aromatic rings. The molecule has 2 atom stereocenters. The number of amides is 3. The molecule has 12 heteroatoms. The molecule has 9 nitrogen and oxygen atoms in total. The summed E-state index contributed by atoms with van der Waals surface area (Å²) in [6.45, 7) is 15.0. The smallest absolute Gasteiger partial charge is 0.272 e. The summed E-state index contributed by atoms with van der Waals surface area (Å²) in [7, 11) is 0. The molecule has 3 amide bonds. The van der Waals surface area contributed by atoms with Gasteiger partial charge in [0.05, 0.1) is 15.1 Å². The highest BCUT2D eigenvalue weighted by atomic mass is 35.5. The molecular formula is C36H42Cl3N5O4. The Morgan fingerprint density at radius 1 is 0.938 bits per heavy atom. The van der Waals surface area contributed by atoms with E-state index in [4.69, 9.17) is 45.3 Å². The molecule has 2 unspecified atom stereocenters. The number of hydrazone groups is 1. The highest BCUT2D eigenvalue weighted by Crippen LogP contribution is 2.41. The summed E-state index contributed by atoms with van der Waals surface area (Å²) in [6.07, 6.45) is 1.51. The fourth-order valence-corrected chi connectivity index (χ4v) is 5.73. The van der Waals surface area contributed by atoms with E-state index >= 15 is 0 Å². The molecule has 0 radical (unpaired) electrons. The van der Waals surface area contributed by atoms with Gasteiger partial charge < -0.3 is 21.1 Å². The van der Waals surface area contributed by atoms with Crippen molar-refractivity contribution < 1.29 is 19.1 Å². The van der Waals surface area contributed by atoms with Crippen molar-refractivity contribution in [1.82, 2.24) is 5.32 Å². The third kappa shape index (κ3) is 7.81. The van der Waals surface area contributed by atoms with Gasteiger partial charge >= 0.3 is 0 Å². The number of carbonyl (C=O) groups is 3. The van der Waals surface area contributed by atoms with E-state index in [-0.39, 0.29) is 48.9 Å². The first-order valence-corrected chi connectivity index (χ1v) is 17.0. The topological polar surface area (TPSA) is 126 Å². The Balaban J connectivity index is 1.51. The first-order valence-electron chi connectivity index (χ1n) is 15.9. The average molecular weight is 715 g/mol. The highest BCUT2D eigenvalue weighted by Gasteiger charge is 2.37. The van der Waals surface area contributed by atoms with Gasteiger partial charge in [0.25, 0.3) is 17.7 Å². The van der Waals surface area contributed by atoms with E-state index in [9.17, 15) is 14.4 Å². The summed E-state index contributed by atoms with van der Waals surface area (Å²) in [5, 5.41) is 10.9. The van der Waals surface area contributed by atoms with Crippen LogP contribution in [0, 0.1) is 0 Å². The normalized spacial score (nSPS) is 15.6. The standard InChI is InChI=1S/C36H42Cl3N5O4/c1-8-26(48-27-17-14-21(35(4,5)9-2)19-23(27)36(6,7)10-3)33(46)41-22-13-11-12-20(18-22)32(45)42-31-29(40)34(47)44(43-31)30-25(38)16-15-24(37)28(30)39/h11-19,26,29H,8-10,40H2,1-7H3,(H,41,46)(H,42,43,45). The number of benzene rings is 3. The second kappa shape index (κ2) is 14.9. The Kier molecular flexibility index (Phi) is 11.5. The predicted octanol–water partition coefficient (Wildman–Crippen LogP) is 8.24. The van der Waals surface area contributed by atoms with Crippen LogP contribution in [-0.2, 0) is 20.4 Å². The number of nitrogens with zero attached hydrogens (tertiary/aromatic N) is 2. The van der Waals surface area contributed by atoms with Gasteiger partial charge in [0.15, 0.2) is 11.9 Å². The van der Waals surface area contributed by atoms with Crippen LogP contribution >= 0.6 is 34.8 Å². The Morgan fingerprint density at radius 3 is 2.25 bits per heavy atom. The number of nitrogens with one attached hydrogen (secondary N) is 2. The fraction of sp³-hybridized carbons (Fsp3) is 0.389. The molecule has 0 saturated heterocycles. The maximum atomic E-state index is 13.5. The third-order valence-electron chi connectivity index (χ3n) is 9.03. The molecule has 0 aromatic heterocycles. The van der Waals surface area contributed by atoms with Crippen LogP contribution in [0.1, 0.15) is 89.2 Å². The average Bonchev–Trinajstić information content (AvgIpc) is 3.33. The number of ether oxygens (including phenoxy) is 1. The molecule has 1 aliphatic rings. The van der Waals surface area contributed by atoms with Crippen molar-refractivity contribution in [3.8, 4) is 5.75 Å². The quantitative estimate of drug-likeness (QED) is 0.173. The van der Waals surface area contributed by atoms with Crippen molar-refractivity contribution in [2.45, 2.75) is 90.7 Å². The van der Waals surface area contributed by atoms with E-state index in [2.05, 4.69) is 69.4 Å². The lowest BCUT2D eigenvalue weighted by Gasteiger charge is -2.31. The van der Waals surface area contributed by atoms with Gasteiger partial charge in [0.1, 0.15) is 17.5 Å². The van der Waals surface area contributed by atoms with Crippen molar-refractivity contribution in [2.24, 2.45) is 10.8 Å². The van der Waals surface area contributed by atoms with Crippen molar-refractivity contribution in [3.05, 3.63) is 86.4 Å². The van der Waals surface area contributed by atoms with E-state index in [0.717, 1.165) is 23.4 Å². The molecule has 4 rings (SSSR count). The Labute approximate surface area is 297 Å². The molecule has 1 heterocycles. The summed E-state index contributed by atoms with van der Waals surface area (Å²) in [6, 6.07) is 14.3. The zero-order valence-electron chi connectivity index (χ0n) is 28.2. The van der Waals surface area contributed by atoms with Gasteiger partial charge in [-0.2, -0.15) is 5.01 Å². The number of hydrogen-bond acceptors (Lipinski definition) is 6. The van der Waals surface area contributed by atoms with Gasteiger partial charge in [-0.25, -0.2) is 0 Å². The first kappa shape index (κ1) is 37.2. The minimum Gasteiger partial charge on any atom is -0.480 e. The molecule has 256 valence electrons. The van der Waals surface area contributed by atoms with E-state index in [1.807, 2.05) is 13.0 Å². The fourth-order valence-electron chi connectivity index (χ4n) is 5.04. The predicted molar refractivity (Wildman–Crippen MR) is 195 cm³/mol. The second-order valence-corrected chi connectivity index (χ2v) is 14.2. The first-order chi connectivity index (χ1) is 22.5. The molecule has 1 aliphatic heterocycles. The van der Waals surface area contributed by atoms with Crippen LogP contribution in [-0.4, -0.2) is 35.7 Å².